The Hall–Kier alpha value is -1.99. The van der Waals surface area contributed by atoms with Crippen molar-refractivity contribution in [1.82, 2.24) is 19.7 Å². The summed E-state index contributed by atoms with van der Waals surface area (Å²) in [6, 6.07) is 4.00. The summed E-state index contributed by atoms with van der Waals surface area (Å²) in [4.78, 5) is 36.2. The minimum absolute atomic E-state index is 0.0729. The van der Waals surface area contributed by atoms with E-state index in [1.165, 1.54) is 4.90 Å². The second-order valence-electron chi connectivity index (χ2n) is 7.50. The predicted octanol–water partition coefficient (Wildman–Crippen LogP) is 2.13. The highest BCUT2D eigenvalue weighted by molar-refractivity contribution is 6.07. The van der Waals surface area contributed by atoms with E-state index in [0.717, 1.165) is 25.1 Å². The number of carbonyl (C=O) groups is 2. The van der Waals surface area contributed by atoms with Crippen molar-refractivity contribution < 1.29 is 14.3 Å². The van der Waals surface area contributed by atoms with E-state index in [1.807, 2.05) is 12.1 Å². The van der Waals surface area contributed by atoms with Crippen molar-refractivity contribution in [3.8, 4) is 0 Å². The zero-order valence-corrected chi connectivity index (χ0v) is 16.6. The molecular weight excluding hydrogens is 344 g/mol. The van der Waals surface area contributed by atoms with Crippen molar-refractivity contribution in [3.05, 3.63) is 30.1 Å². The number of imide groups is 1. The average molecular weight is 374 g/mol. The first-order valence-corrected chi connectivity index (χ1v) is 9.79. The Morgan fingerprint density at radius 3 is 2.63 bits per heavy atom. The summed E-state index contributed by atoms with van der Waals surface area (Å²) in [7, 11) is 1.62. The van der Waals surface area contributed by atoms with E-state index < -0.39 is 5.54 Å². The largest absolute Gasteiger partial charge is 0.383 e. The number of piperidine rings is 1. The minimum Gasteiger partial charge on any atom is -0.383 e. The number of hydrogen-bond acceptors (Lipinski definition) is 5. The summed E-state index contributed by atoms with van der Waals surface area (Å²) in [6.07, 6.45) is 5.83. The van der Waals surface area contributed by atoms with Gasteiger partial charge < -0.3 is 14.5 Å². The van der Waals surface area contributed by atoms with Gasteiger partial charge in [0.25, 0.3) is 5.91 Å². The molecule has 0 radical (unpaired) electrons. The van der Waals surface area contributed by atoms with Gasteiger partial charge in [0, 0.05) is 45.2 Å². The number of methoxy groups -OCH3 is 1. The van der Waals surface area contributed by atoms with Crippen LogP contribution in [0.1, 0.15) is 38.7 Å². The Morgan fingerprint density at radius 1 is 1.30 bits per heavy atom. The van der Waals surface area contributed by atoms with E-state index in [0.29, 0.717) is 32.0 Å². The first kappa shape index (κ1) is 19.8. The molecule has 1 unspecified atom stereocenters. The zero-order chi connectivity index (χ0) is 19.4. The van der Waals surface area contributed by atoms with Gasteiger partial charge in [-0.3, -0.25) is 14.7 Å². The van der Waals surface area contributed by atoms with Crippen LogP contribution < -0.4 is 0 Å². The van der Waals surface area contributed by atoms with E-state index in [-0.39, 0.29) is 18.5 Å². The molecule has 2 aliphatic heterocycles. The molecule has 3 heterocycles. The lowest BCUT2D eigenvalue weighted by Crippen LogP contribution is -2.58. The molecule has 2 saturated heterocycles. The molecule has 0 aliphatic carbocycles. The normalized spacial score (nSPS) is 21.3. The van der Waals surface area contributed by atoms with Crippen molar-refractivity contribution in [2.24, 2.45) is 0 Å². The van der Waals surface area contributed by atoms with E-state index in [4.69, 9.17) is 4.74 Å². The van der Waals surface area contributed by atoms with Crippen LogP contribution in [0.5, 0.6) is 0 Å². The number of amides is 3. The van der Waals surface area contributed by atoms with Gasteiger partial charge in [0.1, 0.15) is 5.54 Å². The van der Waals surface area contributed by atoms with Gasteiger partial charge in [-0.1, -0.05) is 13.0 Å². The van der Waals surface area contributed by atoms with Gasteiger partial charge in [-0.05, 0) is 37.8 Å². The van der Waals surface area contributed by atoms with Crippen LogP contribution in [0.3, 0.4) is 0 Å². The molecule has 1 aromatic rings. The van der Waals surface area contributed by atoms with Gasteiger partial charge in [0.15, 0.2) is 0 Å². The quantitative estimate of drug-likeness (QED) is 0.684. The number of aromatic nitrogens is 1. The smallest absolute Gasteiger partial charge is 0.328 e. The van der Waals surface area contributed by atoms with Crippen LogP contribution >= 0.6 is 0 Å². The second-order valence-corrected chi connectivity index (χ2v) is 7.50. The number of hydrogen-bond donors (Lipinski definition) is 0. The van der Waals surface area contributed by atoms with Crippen LogP contribution in [0.2, 0.25) is 0 Å². The van der Waals surface area contributed by atoms with Crippen LogP contribution in [0, 0.1) is 0 Å². The number of likely N-dealkylation sites (tertiary alicyclic amines) is 1. The fourth-order valence-electron chi connectivity index (χ4n) is 4.16. The molecule has 1 spiro atoms. The highest BCUT2D eigenvalue weighted by atomic mass is 16.5. The molecule has 1 aromatic heterocycles. The topological polar surface area (TPSA) is 66.0 Å². The first-order chi connectivity index (χ1) is 13.0. The van der Waals surface area contributed by atoms with Crippen LogP contribution in [0.4, 0.5) is 4.79 Å². The number of rotatable bonds is 7. The van der Waals surface area contributed by atoms with E-state index in [9.17, 15) is 9.59 Å². The van der Waals surface area contributed by atoms with Gasteiger partial charge in [-0.15, -0.1) is 0 Å². The Bertz CT molecular complexity index is 658. The molecule has 148 valence electrons. The lowest BCUT2D eigenvalue weighted by atomic mass is 9.85. The third-order valence-corrected chi connectivity index (χ3v) is 6.04. The van der Waals surface area contributed by atoms with Crippen LogP contribution in [-0.4, -0.2) is 76.6 Å². The van der Waals surface area contributed by atoms with Gasteiger partial charge in [0.2, 0.25) is 0 Å². The van der Waals surface area contributed by atoms with Crippen molar-refractivity contribution in [1.29, 1.82) is 0 Å². The average Bonchev–Trinajstić information content (AvgIpc) is 2.88. The second kappa shape index (κ2) is 8.35. The minimum atomic E-state index is -0.734. The summed E-state index contributed by atoms with van der Waals surface area (Å²) < 4.78 is 5.21. The summed E-state index contributed by atoms with van der Waals surface area (Å²) in [6.45, 7) is 7.20. The summed E-state index contributed by atoms with van der Waals surface area (Å²) >= 11 is 0. The lowest BCUT2D eigenvalue weighted by Gasteiger charge is -2.43. The van der Waals surface area contributed by atoms with E-state index in [1.54, 1.807) is 24.4 Å². The summed E-state index contributed by atoms with van der Waals surface area (Å²) in [5.41, 5.74) is 0.127. The molecule has 1 atom stereocenters. The highest BCUT2D eigenvalue weighted by Crippen LogP contribution is 2.38. The zero-order valence-electron chi connectivity index (χ0n) is 16.6. The Morgan fingerprint density at radius 2 is 2.04 bits per heavy atom. The molecule has 7 heteroatoms. The molecule has 3 rings (SSSR count). The third kappa shape index (κ3) is 3.71. The SMILES string of the molecule is CCC(C)N1CCC2(CC1)C(=O)N(Cc1cccnc1)C(=O)N2CCOC. The standard InChI is InChI=1S/C20H30N4O3/c1-4-16(2)22-10-7-20(8-11-22)18(25)23(15-17-6-5-9-21-14-17)19(26)24(20)12-13-27-3/h5-6,9,14,16H,4,7-8,10-13,15H2,1-3H3. The fourth-order valence-corrected chi connectivity index (χ4v) is 4.16. The molecule has 0 aromatic carbocycles. The first-order valence-electron chi connectivity index (χ1n) is 9.79. The molecule has 0 saturated carbocycles. The highest BCUT2D eigenvalue weighted by Gasteiger charge is 2.57. The van der Waals surface area contributed by atoms with Crippen molar-refractivity contribution in [2.45, 2.75) is 51.2 Å². The number of pyridine rings is 1. The number of carbonyl (C=O) groups excluding carboxylic acids is 2. The Kier molecular flexibility index (Phi) is 6.11. The Labute approximate surface area is 161 Å². The number of ether oxygens (including phenoxy) is 1. The molecule has 2 fully saturated rings. The van der Waals surface area contributed by atoms with E-state index >= 15 is 0 Å². The molecule has 7 nitrogen and oxygen atoms in total. The predicted molar refractivity (Wildman–Crippen MR) is 102 cm³/mol. The van der Waals surface area contributed by atoms with E-state index in [2.05, 4.69) is 23.7 Å². The molecular formula is C20H30N4O3. The van der Waals surface area contributed by atoms with Gasteiger partial charge in [-0.25, -0.2) is 4.79 Å². The molecule has 2 aliphatic rings. The maximum Gasteiger partial charge on any atom is 0.328 e. The van der Waals surface area contributed by atoms with Crippen LogP contribution in [-0.2, 0) is 16.1 Å². The molecule has 0 N–H and O–H groups in total. The third-order valence-electron chi connectivity index (χ3n) is 6.04. The van der Waals surface area contributed by atoms with Crippen LogP contribution in [0.15, 0.2) is 24.5 Å². The fraction of sp³-hybridized carbons (Fsp3) is 0.650. The van der Waals surface area contributed by atoms with Crippen molar-refractivity contribution >= 4 is 11.9 Å². The van der Waals surface area contributed by atoms with Gasteiger partial charge in [-0.2, -0.15) is 0 Å². The number of urea groups is 1. The van der Waals surface area contributed by atoms with Crippen molar-refractivity contribution in [2.75, 3.05) is 33.4 Å². The van der Waals surface area contributed by atoms with Crippen LogP contribution in [0.25, 0.3) is 0 Å². The summed E-state index contributed by atoms with van der Waals surface area (Å²) in [5, 5.41) is 0. The monoisotopic (exact) mass is 374 g/mol. The van der Waals surface area contributed by atoms with Gasteiger partial charge >= 0.3 is 6.03 Å². The van der Waals surface area contributed by atoms with Crippen molar-refractivity contribution in [3.63, 3.8) is 0 Å². The maximum absolute atomic E-state index is 13.4. The molecule has 0 bridgehead atoms. The molecule has 3 amide bonds. The lowest BCUT2D eigenvalue weighted by molar-refractivity contribution is -0.136. The van der Waals surface area contributed by atoms with Gasteiger partial charge in [0.05, 0.1) is 13.2 Å². The summed E-state index contributed by atoms with van der Waals surface area (Å²) in [5.74, 6) is -0.0729. The maximum atomic E-state index is 13.4. The molecule has 27 heavy (non-hydrogen) atoms. The Balaban J connectivity index is 1.82. The number of nitrogens with zero attached hydrogens (tertiary/aromatic N) is 4.